The second-order valence-corrected chi connectivity index (χ2v) is 4.67. The number of aromatic nitrogens is 2. The zero-order valence-electron chi connectivity index (χ0n) is 7.07. The van der Waals surface area contributed by atoms with Crippen LogP contribution >= 0.6 is 11.6 Å². The van der Waals surface area contributed by atoms with E-state index in [-0.39, 0.29) is 11.1 Å². The fourth-order valence-electron chi connectivity index (χ4n) is 0.742. The number of sulfonamides is 1. The van der Waals surface area contributed by atoms with Crippen molar-refractivity contribution in [1.82, 2.24) is 9.97 Å². The lowest BCUT2D eigenvalue weighted by Crippen LogP contribution is -2.12. The summed E-state index contributed by atoms with van der Waals surface area (Å²) in [5.74, 6) is -0.00694. The molecule has 72 valence electrons. The summed E-state index contributed by atoms with van der Waals surface area (Å²) in [4.78, 5) is 7.52. The Labute approximate surface area is 81.2 Å². The summed E-state index contributed by atoms with van der Waals surface area (Å²) in [6, 6.07) is 1.54. The molecule has 0 bridgehead atoms. The van der Waals surface area contributed by atoms with Crippen LogP contribution in [0, 0.1) is 6.92 Å². The molecule has 0 aliphatic heterocycles. The van der Waals surface area contributed by atoms with Crippen LogP contribution in [0.15, 0.2) is 6.07 Å². The van der Waals surface area contributed by atoms with Gasteiger partial charge in [0, 0.05) is 5.69 Å². The maximum Gasteiger partial charge on any atom is 0.238 e. The van der Waals surface area contributed by atoms with Crippen molar-refractivity contribution in [3.8, 4) is 0 Å². The molecule has 0 atom stereocenters. The van der Waals surface area contributed by atoms with E-state index in [2.05, 4.69) is 14.7 Å². The van der Waals surface area contributed by atoms with E-state index in [9.17, 15) is 8.42 Å². The predicted molar refractivity (Wildman–Crippen MR) is 50.2 cm³/mol. The van der Waals surface area contributed by atoms with Gasteiger partial charge in [-0.05, 0) is 13.0 Å². The molecule has 0 fully saturated rings. The lowest BCUT2D eigenvalue weighted by Gasteiger charge is -2.02. The summed E-state index contributed by atoms with van der Waals surface area (Å²) < 4.78 is 23.7. The fourth-order valence-corrected chi connectivity index (χ4v) is 1.40. The van der Waals surface area contributed by atoms with Gasteiger partial charge in [0.15, 0.2) is 0 Å². The highest BCUT2D eigenvalue weighted by Gasteiger charge is 2.05. The van der Waals surface area contributed by atoms with Crippen LogP contribution in [0.4, 0.5) is 5.95 Å². The number of hydrogen-bond acceptors (Lipinski definition) is 4. The molecule has 0 aromatic carbocycles. The van der Waals surface area contributed by atoms with Gasteiger partial charge < -0.3 is 0 Å². The van der Waals surface area contributed by atoms with Gasteiger partial charge in [-0.25, -0.2) is 18.4 Å². The first-order valence-corrected chi connectivity index (χ1v) is 5.63. The van der Waals surface area contributed by atoms with Gasteiger partial charge in [-0.3, -0.25) is 4.72 Å². The molecule has 7 heteroatoms. The molecule has 0 saturated carbocycles. The van der Waals surface area contributed by atoms with Crippen molar-refractivity contribution < 1.29 is 8.42 Å². The van der Waals surface area contributed by atoms with Crippen molar-refractivity contribution in [1.29, 1.82) is 0 Å². The average Bonchev–Trinajstić information content (AvgIpc) is 1.78. The number of nitrogens with zero attached hydrogens (tertiary/aromatic N) is 2. The number of rotatable bonds is 2. The summed E-state index contributed by atoms with van der Waals surface area (Å²) >= 11 is 5.59. The van der Waals surface area contributed by atoms with Gasteiger partial charge in [0.05, 0.1) is 6.26 Å². The van der Waals surface area contributed by atoms with Crippen LogP contribution < -0.4 is 4.72 Å². The predicted octanol–water partition coefficient (Wildman–Crippen LogP) is 0.810. The lowest BCUT2D eigenvalue weighted by atomic mass is 10.5. The molecule has 0 spiro atoms. The molecule has 0 amide bonds. The third-order valence-corrected chi connectivity index (χ3v) is 1.85. The highest BCUT2D eigenvalue weighted by atomic mass is 35.5. The Kier molecular flexibility index (Phi) is 2.72. The lowest BCUT2D eigenvalue weighted by molar-refractivity contribution is 0.606. The zero-order valence-corrected chi connectivity index (χ0v) is 8.65. The van der Waals surface area contributed by atoms with E-state index in [1.54, 1.807) is 6.92 Å². The number of hydrogen-bond donors (Lipinski definition) is 1. The molecule has 1 aromatic heterocycles. The molecule has 13 heavy (non-hydrogen) atoms. The Morgan fingerprint density at radius 3 is 2.54 bits per heavy atom. The Morgan fingerprint density at radius 1 is 1.46 bits per heavy atom. The van der Waals surface area contributed by atoms with Crippen LogP contribution in [0.25, 0.3) is 0 Å². The van der Waals surface area contributed by atoms with E-state index in [1.807, 2.05) is 0 Å². The topological polar surface area (TPSA) is 72.0 Å². The van der Waals surface area contributed by atoms with E-state index >= 15 is 0 Å². The average molecular weight is 222 g/mol. The summed E-state index contributed by atoms with van der Waals surface area (Å²) in [5.41, 5.74) is 0.603. The van der Waals surface area contributed by atoms with Crippen molar-refractivity contribution in [2.24, 2.45) is 0 Å². The number of anilines is 1. The van der Waals surface area contributed by atoms with Crippen molar-refractivity contribution in [2.75, 3.05) is 11.0 Å². The molecular formula is C6H8ClN3O2S. The van der Waals surface area contributed by atoms with Gasteiger partial charge in [-0.1, -0.05) is 11.6 Å². The van der Waals surface area contributed by atoms with Gasteiger partial charge in [0.2, 0.25) is 16.0 Å². The van der Waals surface area contributed by atoms with Crippen LogP contribution in [0.5, 0.6) is 0 Å². The van der Waals surface area contributed by atoms with Crippen molar-refractivity contribution in [3.05, 3.63) is 16.9 Å². The first kappa shape index (κ1) is 10.2. The minimum atomic E-state index is -3.34. The molecule has 0 aliphatic carbocycles. The SMILES string of the molecule is Cc1cc(Cl)nc(NS(C)(=O)=O)n1. The van der Waals surface area contributed by atoms with Crippen LogP contribution in [0.3, 0.4) is 0 Å². The minimum absolute atomic E-state index is 0.00694. The fraction of sp³-hybridized carbons (Fsp3) is 0.333. The monoisotopic (exact) mass is 221 g/mol. The smallest absolute Gasteiger partial charge is 0.238 e. The number of nitrogens with one attached hydrogen (secondary N) is 1. The quantitative estimate of drug-likeness (QED) is 0.751. The van der Waals surface area contributed by atoms with Crippen molar-refractivity contribution in [3.63, 3.8) is 0 Å². The first-order valence-electron chi connectivity index (χ1n) is 3.36. The Morgan fingerprint density at radius 2 is 2.08 bits per heavy atom. The van der Waals surface area contributed by atoms with E-state index in [0.29, 0.717) is 5.69 Å². The molecule has 1 rings (SSSR count). The first-order chi connectivity index (χ1) is 5.87. The second-order valence-electron chi connectivity index (χ2n) is 2.53. The van der Waals surface area contributed by atoms with Gasteiger partial charge in [-0.15, -0.1) is 0 Å². The summed E-state index contributed by atoms with van der Waals surface area (Å²) in [5, 5.41) is 0.207. The standard InChI is InChI=1S/C6H8ClN3O2S/c1-4-3-5(7)9-6(8-4)10-13(2,11)12/h3H,1-2H3,(H,8,9,10). The van der Waals surface area contributed by atoms with Gasteiger partial charge in [-0.2, -0.15) is 0 Å². The molecule has 0 aliphatic rings. The Bertz CT molecular complexity index is 398. The van der Waals surface area contributed by atoms with Crippen LogP contribution in [0.1, 0.15) is 5.69 Å². The molecule has 1 N–H and O–H groups in total. The van der Waals surface area contributed by atoms with E-state index in [4.69, 9.17) is 11.6 Å². The van der Waals surface area contributed by atoms with E-state index in [0.717, 1.165) is 6.26 Å². The minimum Gasteiger partial charge on any atom is -0.251 e. The highest BCUT2D eigenvalue weighted by Crippen LogP contribution is 2.09. The van der Waals surface area contributed by atoms with Crippen molar-refractivity contribution in [2.45, 2.75) is 6.92 Å². The van der Waals surface area contributed by atoms with E-state index in [1.165, 1.54) is 6.07 Å². The van der Waals surface area contributed by atoms with Gasteiger partial charge in [0.1, 0.15) is 5.15 Å². The largest absolute Gasteiger partial charge is 0.251 e. The van der Waals surface area contributed by atoms with E-state index < -0.39 is 10.0 Å². The molecule has 5 nitrogen and oxygen atoms in total. The Hall–Kier alpha value is -0.880. The highest BCUT2D eigenvalue weighted by molar-refractivity contribution is 7.91. The number of halogens is 1. The van der Waals surface area contributed by atoms with Crippen LogP contribution in [-0.2, 0) is 10.0 Å². The summed E-state index contributed by atoms with van der Waals surface area (Å²) in [7, 11) is -3.34. The third kappa shape index (κ3) is 3.56. The third-order valence-electron chi connectivity index (χ3n) is 1.10. The molecule has 0 radical (unpaired) electrons. The molecule has 1 heterocycles. The number of aryl methyl sites for hydroxylation is 1. The summed E-state index contributed by atoms with van der Waals surface area (Å²) in [6.07, 6.45) is 1.02. The zero-order chi connectivity index (χ0) is 10.1. The van der Waals surface area contributed by atoms with Gasteiger partial charge in [0.25, 0.3) is 0 Å². The normalized spacial score (nSPS) is 11.3. The second kappa shape index (κ2) is 3.47. The van der Waals surface area contributed by atoms with Gasteiger partial charge >= 0.3 is 0 Å². The molecule has 1 aromatic rings. The molecular weight excluding hydrogens is 214 g/mol. The van der Waals surface area contributed by atoms with Crippen LogP contribution in [-0.4, -0.2) is 24.6 Å². The Balaban J connectivity index is 3.03. The molecule has 0 unspecified atom stereocenters. The maximum atomic E-state index is 10.8. The summed E-state index contributed by atoms with van der Waals surface area (Å²) in [6.45, 7) is 1.70. The maximum absolute atomic E-state index is 10.8. The molecule has 0 saturated heterocycles. The van der Waals surface area contributed by atoms with Crippen LogP contribution in [0.2, 0.25) is 5.15 Å². The van der Waals surface area contributed by atoms with Crippen molar-refractivity contribution >= 4 is 27.6 Å².